The molecule has 7 nitrogen and oxygen atoms in total. The van der Waals surface area contributed by atoms with Crippen LogP contribution in [0.1, 0.15) is 58.9 Å². The maximum Gasteiger partial charge on any atom is 0.343 e. The van der Waals surface area contributed by atoms with Gasteiger partial charge < -0.3 is 29.7 Å². The maximum absolute atomic E-state index is 12.7. The summed E-state index contributed by atoms with van der Waals surface area (Å²) in [5.74, 6) is 0.311. The number of phenolic OH excluding ortho intramolecular Hbond substituents is 1. The van der Waals surface area contributed by atoms with Crippen LogP contribution in [0.15, 0.2) is 47.8 Å². The first-order valence-corrected chi connectivity index (χ1v) is 13.9. The van der Waals surface area contributed by atoms with E-state index in [0.717, 1.165) is 38.0 Å². The molecule has 1 aromatic rings. The summed E-state index contributed by atoms with van der Waals surface area (Å²) in [6, 6.07) is 5.52. The van der Waals surface area contributed by atoms with Gasteiger partial charge in [0.25, 0.3) is 0 Å². The SMILES string of the molecule is CCN(CC)c1ccc(C=C2C=C(C=CC3C4(CCC5[C@]3(C)CC[C@@H](O)[C@@]5(C)CO)CO4)C(=O)O2)c(O)c1. The highest BCUT2D eigenvalue weighted by Crippen LogP contribution is 2.65. The van der Waals surface area contributed by atoms with Crippen molar-refractivity contribution in [2.75, 3.05) is 31.2 Å². The fourth-order valence-electron chi connectivity index (χ4n) is 7.53. The van der Waals surface area contributed by atoms with Gasteiger partial charge in [0, 0.05) is 41.7 Å². The molecule has 1 aromatic carbocycles. The highest BCUT2D eigenvalue weighted by atomic mass is 16.6. The molecular weight excluding hydrogens is 482 g/mol. The molecule has 1 saturated heterocycles. The summed E-state index contributed by atoms with van der Waals surface area (Å²) in [5.41, 5.74) is 1.03. The zero-order valence-corrected chi connectivity index (χ0v) is 22.9. The lowest BCUT2D eigenvalue weighted by Crippen LogP contribution is -2.60. The number of aromatic hydroxyl groups is 1. The van der Waals surface area contributed by atoms with Crippen LogP contribution in [0.3, 0.4) is 0 Å². The number of rotatable bonds is 7. The lowest BCUT2D eigenvalue weighted by molar-refractivity contribution is -0.167. The molecule has 0 bridgehead atoms. The standard InChI is InChI=1S/C31H41NO6/c1-5-32(6-2)22-9-7-20(24(34)17-22)15-23-16-21(28(36)38-23)8-10-26-29(3)13-12-27(35)30(4,18-33)25(29)11-14-31(26)19-37-31/h7-10,15-17,25-27,33-35H,5-6,11-14,18-19H2,1-4H3/t25?,26?,27-,29+,30+,31?/m1/s1. The lowest BCUT2D eigenvalue weighted by atomic mass is 9.45. The van der Waals surface area contributed by atoms with Crippen LogP contribution in [-0.4, -0.2) is 59.3 Å². The van der Waals surface area contributed by atoms with Crippen molar-refractivity contribution in [3.63, 3.8) is 0 Å². The van der Waals surface area contributed by atoms with Crippen molar-refractivity contribution in [2.24, 2.45) is 22.7 Å². The Kier molecular flexibility index (Phi) is 6.99. The van der Waals surface area contributed by atoms with Crippen LogP contribution in [-0.2, 0) is 14.3 Å². The molecule has 5 rings (SSSR count). The first-order valence-electron chi connectivity index (χ1n) is 13.9. The van der Waals surface area contributed by atoms with Crippen LogP contribution in [0.25, 0.3) is 6.08 Å². The molecule has 206 valence electrons. The number of allylic oxidation sites excluding steroid dienone is 1. The van der Waals surface area contributed by atoms with Crippen LogP contribution in [0.5, 0.6) is 5.75 Å². The van der Waals surface area contributed by atoms with Gasteiger partial charge in [-0.1, -0.05) is 26.0 Å². The molecule has 6 atom stereocenters. The monoisotopic (exact) mass is 523 g/mol. The van der Waals surface area contributed by atoms with Gasteiger partial charge in [-0.3, -0.25) is 0 Å². The maximum atomic E-state index is 12.7. The molecule has 4 aliphatic rings. The number of ether oxygens (including phenoxy) is 2. The molecule has 0 radical (unpaired) electrons. The van der Waals surface area contributed by atoms with Crippen molar-refractivity contribution >= 4 is 17.7 Å². The summed E-state index contributed by atoms with van der Waals surface area (Å²) < 4.78 is 11.6. The minimum absolute atomic E-state index is 0.0485. The molecule has 2 saturated carbocycles. The normalized spacial score (nSPS) is 37.4. The minimum Gasteiger partial charge on any atom is -0.507 e. The Hall–Kier alpha value is -2.61. The number of fused-ring (bicyclic) bond motifs is 1. The smallest absolute Gasteiger partial charge is 0.343 e. The Morgan fingerprint density at radius 2 is 1.89 bits per heavy atom. The molecule has 2 aliphatic carbocycles. The number of cyclic esters (lactones) is 1. The van der Waals surface area contributed by atoms with E-state index in [1.54, 1.807) is 18.2 Å². The second kappa shape index (κ2) is 9.85. The molecule has 38 heavy (non-hydrogen) atoms. The highest BCUT2D eigenvalue weighted by Gasteiger charge is 2.66. The van der Waals surface area contributed by atoms with Gasteiger partial charge >= 0.3 is 5.97 Å². The van der Waals surface area contributed by atoms with Gasteiger partial charge in [-0.25, -0.2) is 4.79 Å². The average Bonchev–Trinajstić information content (AvgIpc) is 3.58. The van der Waals surface area contributed by atoms with Crippen LogP contribution in [0.2, 0.25) is 0 Å². The summed E-state index contributed by atoms with van der Waals surface area (Å²) in [6.45, 7) is 10.7. The number of esters is 1. The number of hydrogen-bond acceptors (Lipinski definition) is 7. The summed E-state index contributed by atoms with van der Waals surface area (Å²) in [4.78, 5) is 14.9. The number of aliphatic hydroxyl groups excluding tert-OH is 2. The van der Waals surface area contributed by atoms with E-state index in [4.69, 9.17) is 9.47 Å². The molecule has 3 unspecified atom stereocenters. The van der Waals surface area contributed by atoms with Crippen molar-refractivity contribution in [3.8, 4) is 5.75 Å². The number of nitrogens with zero attached hydrogens (tertiary/aromatic N) is 1. The number of hydrogen-bond donors (Lipinski definition) is 3. The Bertz CT molecular complexity index is 1180. The quantitative estimate of drug-likeness (QED) is 0.355. The van der Waals surface area contributed by atoms with E-state index in [1.165, 1.54) is 0 Å². The zero-order chi connectivity index (χ0) is 27.3. The second-order valence-electron chi connectivity index (χ2n) is 12.0. The van der Waals surface area contributed by atoms with Gasteiger partial charge in [0.1, 0.15) is 11.5 Å². The summed E-state index contributed by atoms with van der Waals surface area (Å²) >= 11 is 0. The van der Waals surface area contributed by atoms with Gasteiger partial charge in [-0.2, -0.15) is 0 Å². The predicted octanol–water partition coefficient (Wildman–Crippen LogP) is 4.57. The van der Waals surface area contributed by atoms with Crippen LogP contribution < -0.4 is 4.90 Å². The number of epoxide rings is 1. The largest absolute Gasteiger partial charge is 0.507 e. The molecule has 2 heterocycles. The Balaban J connectivity index is 1.40. The molecule has 3 N–H and O–H groups in total. The molecule has 7 heteroatoms. The van der Waals surface area contributed by atoms with E-state index in [0.29, 0.717) is 29.9 Å². The fourth-order valence-corrected chi connectivity index (χ4v) is 7.53. The molecule has 0 amide bonds. The first-order chi connectivity index (χ1) is 18.1. The molecule has 2 aliphatic heterocycles. The minimum atomic E-state index is -0.556. The van der Waals surface area contributed by atoms with Crippen molar-refractivity contribution in [1.82, 2.24) is 0 Å². The van der Waals surface area contributed by atoms with Gasteiger partial charge in [-0.05, 0) is 75.1 Å². The van der Waals surface area contributed by atoms with E-state index in [-0.39, 0.29) is 35.2 Å². The van der Waals surface area contributed by atoms with E-state index in [1.807, 2.05) is 25.1 Å². The first kappa shape index (κ1) is 27.0. The Morgan fingerprint density at radius 1 is 1.16 bits per heavy atom. The Labute approximate surface area is 225 Å². The summed E-state index contributed by atoms with van der Waals surface area (Å²) in [5, 5.41) is 31.6. The fraction of sp³-hybridized carbons (Fsp3) is 0.581. The van der Waals surface area contributed by atoms with Gasteiger partial charge in [0.05, 0.1) is 30.5 Å². The van der Waals surface area contributed by atoms with Crippen LogP contribution >= 0.6 is 0 Å². The summed E-state index contributed by atoms with van der Waals surface area (Å²) in [7, 11) is 0. The number of aliphatic hydroxyl groups is 2. The number of phenols is 1. The molecule has 1 spiro atoms. The second-order valence-corrected chi connectivity index (χ2v) is 12.0. The van der Waals surface area contributed by atoms with Gasteiger partial charge in [-0.15, -0.1) is 0 Å². The molecule has 0 aromatic heterocycles. The average molecular weight is 524 g/mol. The Morgan fingerprint density at radius 3 is 2.53 bits per heavy atom. The highest BCUT2D eigenvalue weighted by molar-refractivity contribution is 5.96. The molecule has 3 fully saturated rings. The van der Waals surface area contributed by atoms with E-state index >= 15 is 0 Å². The third-order valence-electron chi connectivity index (χ3n) is 9.95. The number of carbonyl (C=O) groups is 1. The summed E-state index contributed by atoms with van der Waals surface area (Å²) in [6.07, 6.45) is 10.1. The van der Waals surface area contributed by atoms with Gasteiger partial charge in [0.2, 0.25) is 0 Å². The number of anilines is 1. The van der Waals surface area contributed by atoms with E-state index in [2.05, 4.69) is 31.7 Å². The number of carbonyl (C=O) groups excluding carboxylic acids is 1. The zero-order valence-electron chi connectivity index (χ0n) is 22.9. The van der Waals surface area contributed by atoms with Crippen molar-refractivity contribution < 1.29 is 29.6 Å². The van der Waals surface area contributed by atoms with Crippen LogP contribution in [0.4, 0.5) is 5.69 Å². The van der Waals surface area contributed by atoms with Gasteiger partial charge in [0.15, 0.2) is 0 Å². The van der Waals surface area contributed by atoms with Crippen molar-refractivity contribution in [2.45, 2.75) is 65.1 Å². The van der Waals surface area contributed by atoms with Crippen molar-refractivity contribution in [3.05, 3.63) is 53.3 Å². The molecular formula is C31H41NO6. The topological polar surface area (TPSA) is 103 Å². The van der Waals surface area contributed by atoms with E-state index < -0.39 is 17.5 Å². The third kappa shape index (κ3) is 4.38. The lowest BCUT2D eigenvalue weighted by Gasteiger charge is -2.60. The van der Waals surface area contributed by atoms with Crippen LogP contribution in [0, 0.1) is 22.7 Å². The predicted molar refractivity (Wildman–Crippen MR) is 146 cm³/mol. The van der Waals surface area contributed by atoms with Crippen molar-refractivity contribution in [1.29, 1.82) is 0 Å². The number of benzene rings is 1. The van der Waals surface area contributed by atoms with E-state index in [9.17, 15) is 20.1 Å². The third-order valence-corrected chi connectivity index (χ3v) is 9.95.